The average Bonchev–Trinajstić information content (AvgIpc) is 2.34. The summed E-state index contributed by atoms with van der Waals surface area (Å²) in [5.41, 5.74) is 0.858. The number of aromatic nitrogens is 1. The van der Waals surface area contributed by atoms with E-state index in [0.717, 1.165) is 37.2 Å². The Hall–Kier alpha value is -1.13. The zero-order chi connectivity index (χ0) is 12.7. The molecule has 0 radical (unpaired) electrons. The van der Waals surface area contributed by atoms with Crippen LogP contribution in [0.3, 0.4) is 0 Å². The number of anilines is 1. The summed E-state index contributed by atoms with van der Waals surface area (Å²) in [5.74, 6) is 0.839. The lowest BCUT2D eigenvalue weighted by atomic mass is 10.1. The van der Waals surface area contributed by atoms with Crippen molar-refractivity contribution in [2.75, 3.05) is 25.1 Å². The molecule has 1 rings (SSSR count). The van der Waals surface area contributed by atoms with Gasteiger partial charge < -0.3 is 15.1 Å². The normalized spacial score (nSPS) is 12.5. The zero-order valence-corrected chi connectivity index (χ0v) is 10.6. The van der Waals surface area contributed by atoms with Gasteiger partial charge in [0.25, 0.3) is 0 Å². The lowest BCUT2D eigenvalue weighted by Crippen LogP contribution is -2.21. The van der Waals surface area contributed by atoms with Crippen LogP contribution >= 0.6 is 0 Å². The predicted octanol–water partition coefficient (Wildman–Crippen LogP) is 1.73. The third-order valence-electron chi connectivity index (χ3n) is 2.78. The van der Waals surface area contributed by atoms with E-state index in [2.05, 4.69) is 9.88 Å². The van der Waals surface area contributed by atoms with E-state index < -0.39 is 6.10 Å². The first-order valence-corrected chi connectivity index (χ1v) is 6.11. The number of hydrogen-bond donors (Lipinski definition) is 2. The number of aliphatic hydroxyl groups is 2. The molecular formula is C13H22N2O2. The summed E-state index contributed by atoms with van der Waals surface area (Å²) >= 11 is 0. The van der Waals surface area contributed by atoms with Gasteiger partial charge in [-0.3, -0.25) is 0 Å². The highest BCUT2D eigenvalue weighted by molar-refractivity contribution is 5.46. The minimum atomic E-state index is -0.501. The van der Waals surface area contributed by atoms with Crippen LogP contribution in [0.15, 0.2) is 18.3 Å². The molecular weight excluding hydrogens is 216 g/mol. The molecule has 0 saturated carbocycles. The van der Waals surface area contributed by atoms with Gasteiger partial charge >= 0.3 is 0 Å². The van der Waals surface area contributed by atoms with Gasteiger partial charge in [-0.1, -0.05) is 6.07 Å². The smallest absolute Gasteiger partial charge is 0.134 e. The van der Waals surface area contributed by atoms with Gasteiger partial charge in [-0.25, -0.2) is 4.98 Å². The molecule has 1 heterocycles. The van der Waals surface area contributed by atoms with Crippen LogP contribution in [-0.4, -0.2) is 35.4 Å². The van der Waals surface area contributed by atoms with E-state index in [9.17, 15) is 5.11 Å². The largest absolute Gasteiger partial charge is 0.396 e. The molecule has 0 amide bonds. The molecule has 4 nitrogen and oxygen atoms in total. The van der Waals surface area contributed by atoms with E-state index in [1.807, 2.05) is 19.2 Å². The lowest BCUT2D eigenvalue weighted by molar-refractivity contribution is 0.199. The topological polar surface area (TPSA) is 56.6 Å². The van der Waals surface area contributed by atoms with Crippen LogP contribution in [0.5, 0.6) is 0 Å². The fourth-order valence-electron chi connectivity index (χ4n) is 1.80. The van der Waals surface area contributed by atoms with Crippen LogP contribution in [0.4, 0.5) is 5.82 Å². The summed E-state index contributed by atoms with van der Waals surface area (Å²) in [6.45, 7) is 2.89. The molecule has 1 aromatic heterocycles. The Kier molecular flexibility index (Phi) is 5.94. The molecule has 4 heteroatoms. The number of unbranched alkanes of at least 4 members (excludes halogenated alkanes) is 2. The molecule has 96 valence electrons. The average molecular weight is 238 g/mol. The van der Waals surface area contributed by atoms with Gasteiger partial charge in [0, 0.05) is 32.0 Å². The van der Waals surface area contributed by atoms with Crippen molar-refractivity contribution >= 4 is 5.82 Å². The van der Waals surface area contributed by atoms with E-state index in [-0.39, 0.29) is 6.61 Å². The number of nitrogens with zero attached hydrogens (tertiary/aromatic N) is 2. The predicted molar refractivity (Wildman–Crippen MR) is 69.1 cm³/mol. The Morgan fingerprint density at radius 2 is 2.12 bits per heavy atom. The standard InChI is InChI=1S/C13H22N2O2/c1-11(17)12-7-6-8-14-13(12)15(2)9-4-3-5-10-16/h6-8,11,16-17H,3-5,9-10H2,1-2H3/t11-/m0/s1. The van der Waals surface area contributed by atoms with Crippen molar-refractivity contribution in [1.29, 1.82) is 0 Å². The minimum Gasteiger partial charge on any atom is -0.396 e. The molecule has 1 aromatic rings. The van der Waals surface area contributed by atoms with E-state index in [1.54, 1.807) is 13.1 Å². The summed E-state index contributed by atoms with van der Waals surface area (Å²) in [4.78, 5) is 6.37. The summed E-state index contributed by atoms with van der Waals surface area (Å²) in [7, 11) is 1.98. The van der Waals surface area contributed by atoms with Gasteiger partial charge in [-0.05, 0) is 32.3 Å². The fourth-order valence-corrected chi connectivity index (χ4v) is 1.80. The molecule has 0 fully saturated rings. The minimum absolute atomic E-state index is 0.256. The Morgan fingerprint density at radius 3 is 2.76 bits per heavy atom. The maximum atomic E-state index is 9.66. The molecule has 0 aromatic carbocycles. The van der Waals surface area contributed by atoms with Crippen LogP contribution < -0.4 is 4.90 Å². The molecule has 17 heavy (non-hydrogen) atoms. The monoisotopic (exact) mass is 238 g/mol. The van der Waals surface area contributed by atoms with Crippen molar-refractivity contribution < 1.29 is 10.2 Å². The number of pyridine rings is 1. The highest BCUT2D eigenvalue weighted by Crippen LogP contribution is 2.22. The fraction of sp³-hybridized carbons (Fsp3) is 0.615. The molecule has 0 spiro atoms. The second-order valence-corrected chi connectivity index (χ2v) is 4.30. The zero-order valence-electron chi connectivity index (χ0n) is 10.6. The van der Waals surface area contributed by atoms with Gasteiger partial charge in [-0.2, -0.15) is 0 Å². The summed E-state index contributed by atoms with van der Waals surface area (Å²) in [6.07, 6.45) is 4.12. The third-order valence-corrected chi connectivity index (χ3v) is 2.78. The van der Waals surface area contributed by atoms with Crippen molar-refractivity contribution in [2.45, 2.75) is 32.3 Å². The van der Waals surface area contributed by atoms with Gasteiger partial charge in [0.15, 0.2) is 0 Å². The molecule has 0 aliphatic heterocycles. The maximum Gasteiger partial charge on any atom is 0.134 e. The molecule has 0 saturated heterocycles. The van der Waals surface area contributed by atoms with Crippen molar-refractivity contribution in [2.24, 2.45) is 0 Å². The van der Waals surface area contributed by atoms with Crippen LogP contribution in [-0.2, 0) is 0 Å². The van der Waals surface area contributed by atoms with Crippen LogP contribution in [0, 0.1) is 0 Å². The lowest BCUT2D eigenvalue weighted by Gasteiger charge is -2.22. The van der Waals surface area contributed by atoms with Crippen molar-refractivity contribution in [1.82, 2.24) is 4.98 Å². The third kappa shape index (κ3) is 4.32. The van der Waals surface area contributed by atoms with Crippen molar-refractivity contribution in [3.8, 4) is 0 Å². The maximum absolute atomic E-state index is 9.66. The molecule has 0 bridgehead atoms. The van der Waals surface area contributed by atoms with Crippen LogP contribution in [0.1, 0.15) is 37.9 Å². The first-order chi connectivity index (χ1) is 8.16. The van der Waals surface area contributed by atoms with Gasteiger partial charge in [-0.15, -0.1) is 0 Å². The molecule has 0 aliphatic rings. The summed E-state index contributed by atoms with van der Waals surface area (Å²) in [5, 5.41) is 18.4. The summed E-state index contributed by atoms with van der Waals surface area (Å²) in [6, 6.07) is 3.74. The van der Waals surface area contributed by atoms with E-state index in [4.69, 9.17) is 5.11 Å². The number of hydrogen-bond acceptors (Lipinski definition) is 4. The van der Waals surface area contributed by atoms with Gasteiger partial charge in [0.1, 0.15) is 5.82 Å². The van der Waals surface area contributed by atoms with E-state index in [0.29, 0.717) is 0 Å². The SMILES string of the molecule is C[C@H](O)c1cccnc1N(C)CCCCCO. The second kappa shape index (κ2) is 7.25. The first-order valence-electron chi connectivity index (χ1n) is 6.11. The number of rotatable bonds is 7. The Balaban J connectivity index is 2.58. The Labute approximate surface area is 103 Å². The first kappa shape index (κ1) is 13.9. The summed E-state index contributed by atoms with van der Waals surface area (Å²) < 4.78 is 0. The quantitative estimate of drug-likeness (QED) is 0.710. The van der Waals surface area contributed by atoms with Gasteiger partial charge in [0.2, 0.25) is 0 Å². The van der Waals surface area contributed by atoms with Crippen LogP contribution in [0.2, 0.25) is 0 Å². The highest BCUT2D eigenvalue weighted by atomic mass is 16.3. The Morgan fingerprint density at radius 1 is 1.35 bits per heavy atom. The van der Waals surface area contributed by atoms with Crippen molar-refractivity contribution in [3.63, 3.8) is 0 Å². The Bertz CT molecular complexity index is 329. The van der Waals surface area contributed by atoms with Gasteiger partial charge in [0.05, 0.1) is 6.10 Å². The molecule has 1 atom stereocenters. The molecule has 2 N–H and O–H groups in total. The van der Waals surface area contributed by atoms with E-state index >= 15 is 0 Å². The molecule has 0 unspecified atom stereocenters. The molecule has 0 aliphatic carbocycles. The number of aliphatic hydroxyl groups excluding tert-OH is 2. The van der Waals surface area contributed by atoms with Crippen molar-refractivity contribution in [3.05, 3.63) is 23.9 Å². The van der Waals surface area contributed by atoms with Crippen LogP contribution in [0.25, 0.3) is 0 Å². The highest BCUT2D eigenvalue weighted by Gasteiger charge is 2.11. The van der Waals surface area contributed by atoms with E-state index in [1.165, 1.54) is 0 Å². The second-order valence-electron chi connectivity index (χ2n) is 4.30.